The maximum Gasteiger partial charge on any atom is 0.243 e. The van der Waals surface area contributed by atoms with E-state index in [1.807, 2.05) is 20.8 Å². The quantitative estimate of drug-likeness (QED) is 0.772. The van der Waals surface area contributed by atoms with Crippen molar-refractivity contribution in [2.45, 2.75) is 33.7 Å². The summed E-state index contributed by atoms with van der Waals surface area (Å²) in [5, 5.41) is 6.26. The van der Waals surface area contributed by atoms with Crippen molar-refractivity contribution in [2.75, 3.05) is 5.32 Å². The summed E-state index contributed by atoms with van der Waals surface area (Å²) in [6.45, 7) is 7.48. The maximum atomic E-state index is 11.7. The summed E-state index contributed by atoms with van der Waals surface area (Å²) in [5.74, 6) is 0.794. The van der Waals surface area contributed by atoms with Gasteiger partial charge in [-0.2, -0.15) is 0 Å². The van der Waals surface area contributed by atoms with Crippen LogP contribution in [-0.4, -0.2) is 17.1 Å². The Morgan fingerprint density at radius 3 is 2.60 bits per heavy atom. The Balaban J connectivity index is 2.64. The van der Waals surface area contributed by atoms with E-state index in [1.54, 1.807) is 13.0 Å². The molecule has 5 heteroatoms. The number of amides is 1. The Bertz CT molecular complexity index is 352. The normalized spacial score (nSPS) is 13.7. The fourth-order valence-corrected chi connectivity index (χ4v) is 1.02. The number of nitrogens with one attached hydrogen (secondary N) is 1. The summed E-state index contributed by atoms with van der Waals surface area (Å²) in [4.78, 5) is 11.7. The lowest BCUT2D eigenvalue weighted by molar-refractivity contribution is -0.119. The van der Waals surface area contributed by atoms with E-state index in [0.29, 0.717) is 11.6 Å². The van der Waals surface area contributed by atoms with Gasteiger partial charge in [0.2, 0.25) is 5.91 Å². The van der Waals surface area contributed by atoms with E-state index >= 15 is 0 Å². The molecule has 0 aromatic carbocycles. The van der Waals surface area contributed by atoms with Crippen LogP contribution in [0.1, 0.15) is 26.5 Å². The van der Waals surface area contributed by atoms with E-state index in [2.05, 4.69) is 10.5 Å². The highest BCUT2D eigenvalue weighted by Crippen LogP contribution is 2.18. The van der Waals surface area contributed by atoms with Crippen LogP contribution in [0.15, 0.2) is 10.6 Å². The fraction of sp³-hybridized carbons (Fsp3) is 0.600. The van der Waals surface area contributed by atoms with Crippen molar-refractivity contribution >= 4 is 11.7 Å². The van der Waals surface area contributed by atoms with Gasteiger partial charge in [-0.25, -0.2) is 0 Å². The Kier molecular flexibility index (Phi) is 3.14. The second-order valence-electron chi connectivity index (χ2n) is 4.66. The third-order valence-electron chi connectivity index (χ3n) is 2.09. The van der Waals surface area contributed by atoms with Crippen LogP contribution in [-0.2, 0) is 4.79 Å². The highest BCUT2D eigenvalue weighted by molar-refractivity contribution is 5.94. The molecule has 0 unspecified atom stereocenters. The number of hydrogen-bond acceptors (Lipinski definition) is 4. The molecule has 0 spiro atoms. The van der Waals surface area contributed by atoms with Gasteiger partial charge in [0.1, 0.15) is 5.76 Å². The van der Waals surface area contributed by atoms with Crippen LogP contribution >= 0.6 is 0 Å². The molecule has 1 heterocycles. The first-order valence-electron chi connectivity index (χ1n) is 4.80. The van der Waals surface area contributed by atoms with Crippen LogP contribution in [0.3, 0.4) is 0 Å². The largest absolute Gasteiger partial charge is 0.360 e. The van der Waals surface area contributed by atoms with E-state index in [1.165, 1.54) is 0 Å². The summed E-state index contributed by atoms with van der Waals surface area (Å²) < 4.78 is 4.83. The summed E-state index contributed by atoms with van der Waals surface area (Å²) in [6, 6.07) is 1.07. The summed E-state index contributed by atoms with van der Waals surface area (Å²) in [7, 11) is 0. The first-order chi connectivity index (χ1) is 6.80. The third kappa shape index (κ3) is 3.06. The van der Waals surface area contributed by atoms with Gasteiger partial charge in [0.05, 0.1) is 6.04 Å². The molecule has 0 aliphatic heterocycles. The zero-order valence-corrected chi connectivity index (χ0v) is 9.50. The molecule has 0 radical (unpaired) electrons. The molecule has 84 valence electrons. The Hall–Kier alpha value is -1.36. The molecule has 1 rings (SSSR count). The van der Waals surface area contributed by atoms with E-state index in [0.717, 1.165) is 0 Å². The molecule has 0 bridgehead atoms. The molecule has 0 aliphatic carbocycles. The standard InChI is InChI=1S/C10H17N3O2/c1-6-5-7(13-15-6)12-9(14)8(11)10(2,3)4/h5,8H,11H2,1-4H3,(H,12,13,14)/t8-/m0/s1. The molecule has 3 N–H and O–H groups in total. The number of aryl methyl sites for hydroxylation is 1. The molecule has 1 aromatic heterocycles. The molecule has 1 atom stereocenters. The number of nitrogens with two attached hydrogens (primary N) is 1. The highest BCUT2D eigenvalue weighted by Gasteiger charge is 2.27. The average molecular weight is 211 g/mol. The van der Waals surface area contributed by atoms with Crippen LogP contribution in [0.25, 0.3) is 0 Å². The second kappa shape index (κ2) is 4.02. The van der Waals surface area contributed by atoms with E-state index in [4.69, 9.17) is 10.3 Å². The number of nitrogens with zero attached hydrogens (tertiary/aromatic N) is 1. The lowest BCUT2D eigenvalue weighted by Gasteiger charge is -2.25. The van der Waals surface area contributed by atoms with Crippen molar-refractivity contribution in [3.8, 4) is 0 Å². The van der Waals surface area contributed by atoms with Crippen LogP contribution in [0.4, 0.5) is 5.82 Å². The first kappa shape index (κ1) is 11.7. The predicted octanol–water partition coefficient (Wildman–Crippen LogP) is 1.29. The fourth-order valence-electron chi connectivity index (χ4n) is 1.02. The van der Waals surface area contributed by atoms with E-state index in [-0.39, 0.29) is 11.3 Å². The number of aromatic nitrogens is 1. The Labute approximate surface area is 89.0 Å². The molecule has 5 nitrogen and oxygen atoms in total. The number of hydrogen-bond donors (Lipinski definition) is 2. The average Bonchev–Trinajstić information content (AvgIpc) is 2.48. The van der Waals surface area contributed by atoms with Crippen LogP contribution in [0.2, 0.25) is 0 Å². The first-order valence-corrected chi connectivity index (χ1v) is 4.80. The van der Waals surface area contributed by atoms with Crippen LogP contribution in [0, 0.1) is 12.3 Å². The minimum absolute atomic E-state index is 0.254. The Morgan fingerprint density at radius 1 is 1.60 bits per heavy atom. The summed E-state index contributed by atoms with van der Waals surface area (Å²) in [5.41, 5.74) is 5.50. The maximum absolute atomic E-state index is 11.7. The van der Waals surface area contributed by atoms with Crippen molar-refractivity contribution in [3.05, 3.63) is 11.8 Å². The lowest BCUT2D eigenvalue weighted by Crippen LogP contribution is -2.45. The minimum atomic E-state index is -0.575. The predicted molar refractivity (Wildman–Crippen MR) is 57.3 cm³/mol. The van der Waals surface area contributed by atoms with Crippen molar-refractivity contribution in [1.82, 2.24) is 5.16 Å². The molecule has 0 fully saturated rings. The van der Waals surface area contributed by atoms with E-state index < -0.39 is 6.04 Å². The van der Waals surface area contributed by atoms with Gasteiger partial charge < -0.3 is 15.6 Å². The number of rotatable bonds is 2. The molecule has 1 aromatic rings. The number of carbonyl (C=O) groups is 1. The van der Waals surface area contributed by atoms with Gasteiger partial charge in [-0.1, -0.05) is 25.9 Å². The smallest absolute Gasteiger partial charge is 0.243 e. The zero-order valence-electron chi connectivity index (χ0n) is 9.50. The highest BCUT2D eigenvalue weighted by atomic mass is 16.5. The molecule has 15 heavy (non-hydrogen) atoms. The van der Waals surface area contributed by atoms with Gasteiger partial charge in [0.25, 0.3) is 0 Å². The van der Waals surface area contributed by atoms with Gasteiger partial charge in [-0.15, -0.1) is 0 Å². The molecule has 1 amide bonds. The van der Waals surface area contributed by atoms with Crippen LogP contribution in [0.5, 0.6) is 0 Å². The van der Waals surface area contributed by atoms with Crippen molar-refractivity contribution in [2.24, 2.45) is 11.1 Å². The number of carbonyl (C=O) groups excluding carboxylic acids is 1. The second-order valence-corrected chi connectivity index (χ2v) is 4.66. The van der Waals surface area contributed by atoms with Gasteiger partial charge in [0, 0.05) is 6.07 Å². The lowest BCUT2D eigenvalue weighted by atomic mass is 9.87. The molecular weight excluding hydrogens is 194 g/mol. The van der Waals surface area contributed by atoms with Crippen molar-refractivity contribution in [3.63, 3.8) is 0 Å². The third-order valence-corrected chi connectivity index (χ3v) is 2.09. The topological polar surface area (TPSA) is 81.2 Å². The minimum Gasteiger partial charge on any atom is -0.360 e. The Morgan fingerprint density at radius 2 is 2.20 bits per heavy atom. The van der Waals surface area contributed by atoms with Crippen molar-refractivity contribution < 1.29 is 9.32 Å². The van der Waals surface area contributed by atoms with Gasteiger partial charge >= 0.3 is 0 Å². The van der Waals surface area contributed by atoms with Gasteiger partial charge in [-0.05, 0) is 12.3 Å². The van der Waals surface area contributed by atoms with E-state index in [9.17, 15) is 4.79 Å². The molecule has 0 aliphatic rings. The SMILES string of the molecule is Cc1cc(NC(=O)[C@H](N)C(C)(C)C)no1. The monoisotopic (exact) mass is 211 g/mol. The van der Waals surface area contributed by atoms with Gasteiger partial charge in [0.15, 0.2) is 5.82 Å². The molecule has 0 saturated carbocycles. The summed E-state index contributed by atoms with van der Waals surface area (Å²) in [6.07, 6.45) is 0. The number of anilines is 1. The molecule has 0 saturated heterocycles. The molecular formula is C10H17N3O2. The van der Waals surface area contributed by atoms with Crippen molar-refractivity contribution in [1.29, 1.82) is 0 Å². The zero-order chi connectivity index (χ0) is 11.6. The van der Waals surface area contributed by atoms with Crippen LogP contribution < -0.4 is 11.1 Å². The summed E-state index contributed by atoms with van der Waals surface area (Å²) >= 11 is 0. The van der Waals surface area contributed by atoms with Gasteiger partial charge in [-0.3, -0.25) is 4.79 Å².